The average molecular weight is 426 g/mol. The average Bonchev–Trinajstić information content (AvgIpc) is 2.78. The lowest BCUT2D eigenvalue weighted by atomic mass is 10.1. The lowest BCUT2D eigenvalue weighted by Gasteiger charge is -2.09. The molecule has 0 spiro atoms. The molecule has 0 radical (unpaired) electrons. The predicted molar refractivity (Wildman–Crippen MR) is 113 cm³/mol. The third-order valence-corrected chi connectivity index (χ3v) is 4.20. The Labute approximate surface area is 178 Å². The minimum absolute atomic E-state index is 0.152. The van der Waals surface area contributed by atoms with Crippen LogP contribution in [0.3, 0.4) is 0 Å². The van der Waals surface area contributed by atoms with E-state index in [-0.39, 0.29) is 12.3 Å². The monoisotopic (exact) mass is 425 g/mol. The fourth-order valence-corrected chi connectivity index (χ4v) is 2.52. The summed E-state index contributed by atoms with van der Waals surface area (Å²) >= 11 is 5.84. The van der Waals surface area contributed by atoms with Crippen molar-refractivity contribution in [3.8, 4) is 5.75 Å². The Kier molecular flexibility index (Phi) is 7.57. The van der Waals surface area contributed by atoms with Gasteiger partial charge in [-0.05, 0) is 48.0 Å². The van der Waals surface area contributed by atoms with Gasteiger partial charge in [-0.1, -0.05) is 23.7 Å². The largest absolute Gasteiger partial charge is 0.489 e. The molecule has 0 bridgehead atoms. The number of ether oxygens (including phenoxy) is 1. The number of halogens is 1. The number of benzene rings is 2. The Hall–Kier alpha value is -3.65. The van der Waals surface area contributed by atoms with Crippen LogP contribution in [0.4, 0.5) is 5.95 Å². The number of aromatic nitrogens is 2. The summed E-state index contributed by atoms with van der Waals surface area (Å²) in [6.07, 6.45) is 3.36. The quantitative estimate of drug-likeness (QED) is 0.479. The number of nitrogens with one attached hydrogen (secondary N) is 3. The Morgan fingerprint density at radius 2 is 1.63 bits per heavy atom. The molecule has 3 aromatic rings. The maximum atomic E-state index is 12.2. The minimum Gasteiger partial charge on any atom is -0.489 e. The zero-order valence-corrected chi connectivity index (χ0v) is 16.7. The summed E-state index contributed by atoms with van der Waals surface area (Å²) in [6.45, 7) is 0.701. The number of amides is 2. The van der Waals surface area contributed by atoms with E-state index in [1.807, 2.05) is 0 Å². The van der Waals surface area contributed by atoms with E-state index >= 15 is 0 Å². The number of rotatable bonds is 8. The number of carbonyl (C=O) groups excluding carboxylic acids is 2. The highest BCUT2D eigenvalue weighted by molar-refractivity contribution is 6.30. The smallest absolute Gasteiger partial charge is 0.269 e. The SMILES string of the molecule is O=C(CCNc1ncccn1)NNC(=O)c1ccc(COc2ccc(Cl)cc2)cc1. The zero-order valence-electron chi connectivity index (χ0n) is 16.0. The number of hydrazine groups is 1. The molecular formula is C21H20ClN5O3. The molecule has 0 aliphatic carbocycles. The molecule has 0 unspecified atom stereocenters. The Balaban J connectivity index is 1.38. The number of hydrogen-bond acceptors (Lipinski definition) is 6. The lowest BCUT2D eigenvalue weighted by Crippen LogP contribution is -2.42. The number of carbonyl (C=O) groups is 2. The van der Waals surface area contributed by atoms with Crippen molar-refractivity contribution in [2.24, 2.45) is 0 Å². The molecule has 3 rings (SSSR count). The molecule has 0 atom stereocenters. The first-order valence-electron chi connectivity index (χ1n) is 9.17. The summed E-state index contributed by atoms with van der Waals surface area (Å²) in [7, 11) is 0. The molecule has 154 valence electrons. The topological polar surface area (TPSA) is 105 Å². The van der Waals surface area contributed by atoms with Crippen LogP contribution in [0.1, 0.15) is 22.3 Å². The Bertz CT molecular complexity index is 966. The van der Waals surface area contributed by atoms with E-state index in [0.717, 1.165) is 5.56 Å². The van der Waals surface area contributed by atoms with E-state index in [9.17, 15) is 9.59 Å². The number of hydrogen-bond donors (Lipinski definition) is 3. The molecule has 0 saturated carbocycles. The highest BCUT2D eigenvalue weighted by Crippen LogP contribution is 2.17. The van der Waals surface area contributed by atoms with Gasteiger partial charge in [0, 0.05) is 35.9 Å². The summed E-state index contributed by atoms with van der Waals surface area (Å²) in [5.41, 5.74) is 6.09. The standard InChI is InChI=1S/C21H20ClN5O3/c22-17-6-8-18(9-7-17)30-14-15-2-4-16(5-3-15)20(29)27-26-19(28)10-13-25-21-23-11-1-12-24-21/h1-9,11-12H,10,13-14H2,(H,26,28)(H,27,29)(H,23,24,25). The van der Waals surface area contributed by atoms with Crippen molar-refractivity contribution in [2.45, 2.75) is 13.0 Å². The predicted octanol–water partition coefficient (Wildman–Crippen LogP) is 2.97. The molecule has 30 heavy (non-hydrogen) atoms. The van der Waals surface area contributed by atoms with Gasteiger partial charge in [0.15, 0.2) is 0 Å². The normalized spacial score (nSPS) is 10.2. The molecule has 3 N–H and O–H groups in total. The molecule has 1 aromatic heterocycles. The van der Waals surface area contributed by atoms with Gasteiger partial charge in [0.1, 0.15) is 12.4 Å². The fourth-order valence-electron chi connectivity index (χ4n) is 2.39. The minimum atomic E-state index is -0.409. The molecule has 8 nitrogen and oxygen atoms in total. The highest BCUT2D eigenvalue weighted by Gasteiger charge is 2.08. The molecular weight excluding hydrogens is 406 g/mol. The molecule has 0 aliphatic rings. The van der Waals surface area contributed by atoms with Crippen LogP contribution in [0.5, 0.6) is 5.75 Å². The first kappa shape index (κ1) is 21.1. The van der Waals surface area contributed by atoms with Gasteiger partial charge in [0.25, 0.3) is 5.91 Å². The van der Waals surface area contributed by atoms with Crippen LogP contribution in [0.2, 0.25) is 5.02 Å². The fraction of sp³-hybridized carbons (Fsp3) is 0.143. The van der Waals surface area contributed by atoms with Gasteiger partial charge in [-0.2, -0.15) is 0 Å². The van der Waals surface area contributed by atoms with Gasteiger partial charge >= 0.3 is 0 Å². The molecule has 0 aliphatic heterocycles. The summed E-state index contributed by atoms with van der Waals surface area (Å²) in [4.78, 5) is 32.0. The summed E-state index contributed by atoms with van der Waals surface area (Å²) in [5.74, 6) is 0.402. The van der Waals surface area contributed by atoms with Crippen molar-refractivity contribution in [1.29, 1.82) is 0 Å². The van der Waals surface area contributed by atoms with E-state index in [0.29, 0.717) is 35.4 Å². The van der Waals surface area contributed by atoms with Gasteiger partial charge in [0.05, 0.1) is 0 Å². The second kappa shape index (κ2) is 10.8. The van der Waals surface area contributed by atoms with E-state index in [2.05, 4.69) is 26.1 Å². The maximum absolute atomic E-state index is 12.2. The van der Waals surface area contributed by atoms with Gasteiger partial charge < -0.3 is 10.1 Å². The lowest BCUT2D eigenvalue weighted by molar-refractivity contribution is -0.121. The van der Waals surface area contributed by atoms with E-state index < -0.39 is 5.91 Å². The molecule has 0 fully saturated rings. The van der Waals surface area contributed by atoms with Crippen LogP contribution in [-0.2, 0) is 11.4 Å². The molecule has 2 aromatic carbocycles. The first-order chi connectivity index (χ1) is 14.6. The van der Waals surface area contributed by atoms with Crippen molar-refractivity contribution < 1.29 is 14.3 Å². The molecule has 1 heterocycles. The third-order valence-electron chi connectivity index (χ3n) is 3.95. The Morgan fingerprint density at radius 3 is 2.33 bits per heavy atom. The summed E-state index contributed by atoms with van der Waals surface area (Å²) in [5, 5.41) is 3.56. The van der Waals surface area contributed by atoms with Crippen molar-refractivity contribution in [1.82, 2.24) is 20.8 Å². The molecule has 2 amide bonds. The van der Waals surface area contributed by atoms with Crippen LogP contribution in [0.25, 0.3) is 0 Å². The highest BCUT2D eigenvalue weighted by atomic mass is 35.5. The number of anilines is 1. The van der Waals surface area contributed by atoms with Gasteiger partial charge in [-0.3, -0.25) is 20.4 Å². The van der Waals surface area contributed by atoms with Gasteiger partial charge in [-0.15, -0.1) is 0 Å². The van der Waals surface area contributed by atoms with E-state index in [4.69, 9.17) is 16.3 Å². The molecule has 9 heteroatoms. The number of nitrogens with zero attached hydrogens (tertiary/aromatic N) is 2. The van der Waals surface area contributed by atoms with Crippen LogP contribution in [0, 0.1) is 0 Å². The van der Waals surface area contributed by atoms with E-state index in [1.165, 1.54) is 0 Å². The van der Waals surface area contributed by atoms with Crippen molar-refractivity contribution in [3.05, 3.63) is 83.1 Å². The Morgan fingerprint density at radius 1 is 0.933 bits per heavy atom. The van der Waals surface area contributed by atoms with Crippen molar-refractivity contribution in [2.75, 3.05) is 11.9 Å². The summed E-state index contributed by atoms with van der Waals surface area (Å²) in [6, 6.07) is 15.7. The van der Waals surface area contributed by atoms with Crippen LogP contribution >= 0.6 is 11.6 Å². The van der Waals surface area contributed by atoms with Crippen LogP contribution < -0.4 is 20.9 Å². The van der Waals surface area contributed by atoms with Crippen LogP contribution in [-0.4, -0.2) is 28.3 Å². The van der Waals surface area contributed by atoms with Gasteiger partial charge in [-0.25, -0.2) is 9.97 Å². The van der Waals surface area contributed by atoms with Gasteiger partial charge in [0.2, 0.25) is 11.9 Å². The second-order valence-electron chi connectivity index (χ2n) is 6.19. The zero-order chi connectivity index (χ0) is 21.2. The first-order valence-corrected chi connectivity index (χ1v) is 9.55. The van der Waals surface area contributed by atoms with Crippen molar-refractivity contribution in [3.63, 3.8) is 0 Å². The maximum Gasteiger partial charge on any atom is 0.269 e. The van der Waals surface area contributed by atoms with E-state index in [1.54, 1.807) is 67.0 Å². The second-order valence-corrected chi connectivity index (χ2v) is 6.63. The summed E-state index contributed by atoms with van der Waals surface area (Å²) < 4.78 is 5.66. The van der Waals surface area contributed by atoms with Crippen LogP contribution in [0.15, 0.2) is 67.0 Å². The van der Waals surface area contributed by atoms with Crippen molar-refractivity contribution >= 4 is 29.4 Å². The third kappa shape index (κ3) is 6.75. The molecule has 0 saturated heterocycles.